The molecule has 0 radical (unpaired) electrons. The first-order chi connectivity index (χ1) is 7.70. The second kappa shape index (κ2) is 4.89. The number of aromatic nitrogens is 2. The molecule has 0 N–H and O–H groups in total. The number of hydrogen-bond acceptors (Lipinski definition) is 2. The molecule has 0 aliphatic heterocycles. The summed E-state index contributed by atoms with van der Waals surface area (Å²) in [6.45, 7) is 0. The van der Waals surface area contributed by atoms with Gasteiger partial charge in [0.2, 0.25) is 0 Å². The van der Waals surface area contributed by atoms with E-state index >= 15 is 0 Å². The van der Waals surface area contributed by atoms with Crippen LogP contribution in [0.4, 0.5) is 4.39 Å². The molecule has 0 aliphatic carbocycles. The first-order valence-electron chi connectivity index (χ1n) is 4.54. The molecule has 2 rings (SSSR count). The van der Waals surface area contributed by atoms with Gasteiger partial charge < -0.3 is 0 Å². The molecule has 1 aromatic carbocycles. The maximum atomic E-state index is 12.9. The number of benzene rings is 1. The van der Waals surface area contributed by atoms with Crippen molar-refractivity contribution in [3.05, 3.63) is 46.4 Å². The molecule has 0 saturated heterocycles. The lowest BCUT2D eigenvalue weighted by Gasteiger charge is -2.04. The zero-order valence-electron chi connectivity index (χ0n) is 8.12. The lowest BCUT2D eigenvalue weighted by Crippen LogP contribution is -1.93. The van der Waals surface area contributed by atoms with Crippen molar-refractivity contribution in [3.63, 3.8) is 0 Å². The van der Waals surface area contributed by atoms with Gasteiger partial charge in [-0.15, -0.1) is 11.6 Å². The van der Waals surface area contributed by atoms with Crippen molar-refractivity contribution in [2.24, 2.45) is 0 Å². The predicted molar refractivity (Wildman–Crippen MR) is 64.7 cm³/mol. The molecule has 16 heavy (non-hydrogen) atoms. The van der Waals surface area contributed by atoms with Crippen LogP contribution in [-0.4, -0.2) is 9.97 Å². The molecule has 0 amide bonds. The zero-order valence-corrected chi connectivity index (χ0v) is 10.5. The fourth-order valence-electron chi connectivity index (χ4n) is 1.27. The molecule has 0 atom stereocenters. The second-order valence-electron chi connectivity index (χ2n) is 3.13. The van der Waals surface area contributed by atoms with Gasteiger partial charge in [-0.3, -0.25) is 0 Å². The minimum absolute atomic E-state index is 0.302. The molecule has 1 aromatic heterocycles. The summed E-state index contributed by atoms with van der Waals surface area (Å²) >= 11 is 8.97. The summed E-state index contributed by atoms with van der Waals surface area (Å²) in [4.78, 5) is 8.38. The molecule has 82 valence electrons. The van der Waals surface area contributed by atoms with E-state index in [2.05, 4.69) is 25.9 Å². The first kappa shape index (κ1) is 11.5. The van der Waals surface area contributed by atoms with E-state index in [1.54, 1.807) is 18.3 Å². The SMILES string of the molecule is Fc1ccc(-c2nccc(CCl)n2)c(Br)c1. The van der Waals surface area contributed by atoms with Gasteiger partial charge in [0.15, 0.2) is 5.82 Å². The molecule has 2 aromatic rings. The summed E-state index contributed by atoms with van der Waals surface area (Å²) in [5.74, 6) is 0.558. The number of hydrogen-bond donors (Lipinski definition) is 0. The van der Waals surface area contributed by atoms with Crippen LogP contribution in [-0.2, 0) is 5.88 Å². The van der Waals surface area contributed by atoms with Crippen molar-refractivity contribution < 1.29 is 4.39 Å². The minimum Gasteiger partial charge on any atom is -0.237 e. The Kier molecular flexibility index (Phi) is 3.51. The van der Waals surface area contributed by atoms with E-state index in [4.69, 9.17) is 11.6 Å². The van der Waals surface area contributed by atoms with Crippen LogP contribution in [0.5, 0.6) is 0 Å². The quantitative estimate of drug-likeness (QED) is 0.789. The van der Waals surface area contributed by atoms with Crippen LogP contribution in [0.3, 0.4) is 0 Å². The van der Waals surface area contributed by atoms with E-state index in [9.17, 15) is 4.39 Å². The van der Waals surface area contributed by atoms with Crippen molar-refractivity contribution in [2.75, 3.05) is 0 Å². The molecule has 0 fully saturated rings. The zero-order chi connectivity index (χ0) is 11.5. The molecule has 0 aliphatic rings. The Morgan fingerprint density at radius 3 is 2.81 bits per heavy atom. The van der Waals surface area contributed by atoms with Crippen molar-refractivity contribution in [2.45, 2.75) is 5.88 Å². The van der Waals surface area contributed by atoms with Crippen LogP contribution in [0.2, 0.25) is 0 Å². The Morgan fingerprint density at radius 1 is 1.31 bits per heavy atom. The molecule has 0 bridgehead atoms. The van der Waals surface area contributed by atoms with Crippen LogP contribution in [0.25, 0.3) is 11.4 Å². The van der Waals surface area contributed by atoms with E-state index in [1.165, 1.54) is 12.1 Å². The van der Waals surface area contributed by atoms with Crippen molar-refractivity contribution in [3.8, 4) is 11.4 Å². The van der Waals surface area contributed by atoms with Gasteiger partial charge in [-0.25, -0.2) is 14.4 Å². The van der Waals surface area contributed by atoms with E-state index in [0.717, 1.165) is 11.3 Å². The van der Waals surface area contributed by atoms with Gasteiger partial charge in [0, 0.05) is 16.2 Å². The summed E-state index contributed by atoms with van der Waals surface area (Å²) in [6.07, 6.45) is 1.63. The smallest absolute Gasteiger partial charge is 0.160 e. The average Bonchev–Trinajstić information content (AvgIpc) is 2.29. The lowest BCUT2D eigenvalue weighted by molar-refractivity contribution is 0.627. The number of alkyl halides is 1. The fraction of sp³-hybridized carbons (Fsp3) is 0.0909. The maximum Gasteiger partial charge on any atom is 0.160 e. The molecule has 2 nitrogen and oxygen atoms in total. The van der Waals surface area contributed by atoms with Crippen molar-refractivity contribution in [1.29, 1.82) is 0 Å². The molecule has 0 unspecified atom stereocenters. The van der Waals surface area contributed by atoms with E-state index in [-0.39, 0.29) is 5.82 Å². The van der Waals surface area contributed by atoms with Crippen LogP contribution >= 0.6 is 27.5 Å². The van der Waals surface area contributed by atoms with E-state index in [1.807, 2.05) is 0 Å². The van der Waals surface area contributed by atoms with Crippen molar-refractivity contribution in [1.82, 2.24) is 9.97 Å². The van der Waals surface area contributed by atoms with Gasteiger partial charge in [0.25, 0.3) is 0 Å². The van der Waals surface area contributed by atoms with Crippen LogP contribution in [0, 0.1) is 5.82 Å². The largest absolute Gasteiger partial charge is 0.237 e. The highest BCUT2D eigenvalue weighted by Crippen LogP contribution is 2.26. The third-order valence-electron chi connectivity index (χ3n) is 2.02. The molecular formula is C11H7BrClFN2. The Morgan fingerprint density at radius 2 is 2.12 bits per heavy atom. The third-order valence-corrected chi connectivity index (χ3v) is 2.95. The Balaban J connectivity index is 2.49. The maximum absolute atomic E-state index is 12.9. The van der Waals surface area contributed by atoms with Gasteiger partial charge in [-0.05, 0) is 40.2 Å². The van der Waals surface area contributed by atoms with Gasteiger partial charge in [-0.1, -0.05) is 0 Å². The molecule has 0 saturated carbocycles. The summed E-state index contributed by atoms with van der Waals surface area (Å²) in [7, 11) is 0. The summed E-state index contributed by atoms with van der Waals surface area (Å²) in [6, 6.07) is 6.13. The van der Waals surface area contributed by atoms with Gasteiger partial charge in [0.05, 0.1) is 11.6 Å². The normalized spacial score (nSPS) is 10.4. The Bertz CT molecular complexity index is 519. The highest BCUT2D eigenvalue weighted by molar-refractivity contribution is 9.10. The minimum atomic E-state index is -0.302. The van der Waals surface area contributed by atoms with E-state index in [0.29, 0.717) is 16.2 Å². The van der Waals surface area contributed by atoms with Gasteiger partial charge >= 0.3 is 0 Å². The standard InChI is InChI=1S/C11H7BrClFN2/c12-10-5-7(14)1-2-9(10)11-15-4-3-8(6-13)16-11/h1-5H,6H2. The highest BCUT2D eigenvalue weighted by Gasteiger charge is 2.07. The molecular weight excluding hydrogens is 294 g/mol. The molecule has 1 heterocycles. The summed E-state index contributed by atoms with van der Waals surface area (Å²) in [5, 5.41) is 0. The van der Waals surface area contributed by atoms with Gasteiger partial charge in [0.1, 0.15) is 5.82 Å². The van der Waals surface area contributed by atoms with Crippen LogP contribution in [0.1, 0.15) is 5.69 Å². The predicted octanol–water partition coefficient (Wildman–Crippen LogP) is 3.78. The summed E-state index contributed by atoms with van der Waals surface area (Å²) in [5.41, 5.74) is 1.48. The summed E-state index contributed by atoms with van der Waals surface area (Å²) < 4.78 is 13.5. The first-order valence-corrected chi connectivity index (χ1v) is 5.87. The van der Waals surface area contributed by atoms with E-state index < -0.39 is 0 Å². The lowest BCUT2D eigenvalue weighted by atomic mass is 10.2. The number of nitrogens with zero attached hydrogens (tertiary/aromatic N) is 2. The van der Waals surface area contributed by atoms with Crippen LogP contribution in [0.15, 0.2) is 34.9 Å². The monoisotopic (exact) mass is 300 g/mol. The van der Waals surface area contributed by atoms with Crippen LogP contribution < -0.4 is 0 Å². The fourth-order valence-corrected chi connectivity index (χ4v) is 1.95. The Labute approximate surface area is 106 Å². The van der Waals surface area contributed by atoms with Crippen molar-refractivity contribution >= 4 is 27.5 Å². The topological polar surface area (TPSA) is 25.8 Å². The average molecular weight is 302 g/mol. The highest BCUT2D eigenvalue weighted by atomic mass is 79.9. The third kappa shape index (κ3) is 2.39. The molecule has 5 heteroatoms. The number of halogens is 3. The number of rotatable bonds is 2. The second-order valence-corrected chi connectivity index (χ2v) is 4.25. The Hall–Kier alpha value is -1.00. The molecule has 0 spiro atoms. The van der Waals surface area contributed by atoms with Gasteiger partial charge in [-0.2, -0.15) is 0 Å².